The number of anilines is 1. The molecule has 11 heteroatoms. The molecule has 1 saturated heterocycles. The van der Waals surface area contributed by atoms with Gasteiger partial charge < -0.3 is 10.0 Å². The van der Waals surface area contributed by atoms with Gasteiger partial charge in [-0.3, -0.25) is 15.0 Å². The number of rotatable bonds is 4. The summed E-state index contributed by atoms with van der Waals surface area (Å²) in [6.07, 6.45) is -5.68. The molecule has 0 spiro atoms. The highest BCUT2D eigenvalue weighted by Gasteiger charge is 2.47. The van der Waals surface area contributed by atoms with Crippen molar-refractivity contribution < 1.29 is 27.9 Å². The molecule has 30 heavy (non-hydrogen) atoms. The van der Waals surface area contributed by atoms with Gasteiger partial charge in [-0.05, 0) is 38.2 Å². The number of alkyl halides is 3. The van der Waals surface area contributed by atoms with Gasteiger partial charge in [-0.2, -0.15) is 13.2 Å². The number of ketones is 1. The smallest absolute Gasteiger partial charge is 0.416 e. The zero-order valence-electron chi connectivity index (χ0n) is 16.3. The van der Waals surface area contributed by atoms with E-state index < -0.39 is 23.5 Å². The highest BCUT2D eigenvalue weighted by molar-refractivity contribution is 5.90. The minimum atomic E-state index is -4.46. The number of likely N-dealkylation sites (N-methyl/N-ethyl adjacent to an activating group) is 1. The first-order valence-corrected chi connectivity index (χ1v) is 9.05. The lowest BCUT2D eigenvalue weighted by atomic mass is 10.00. The van der Waals surface area contributed by atoms with E-state index in [1.54, 1.807) is 11.0 Å². The summed E-state index contributed by atoms with van der Waals surface area (Å²) in [6.45, 7) is 1.66. The van der Waals surface area contributed by atoms with Gasteiger partial charge in [-0.15, -0.1) is 10.2 Å². The fourth-order valence-corrected chi connectivity index (χ4v) is 3.50. The predicted molar refractivity (Wildman–Crippen MR) is 102 cm³/mol. The van der Waals surface area contributed by atoms with Crippen molar-refractivity contribution in [2.45, 2.75) is 18.8 Å². The van der Waals surface area contributed by atoms with Crippen LogP contribution in [0.5, 0.6) is 0 Å². The van der Waals surface area contributed by atoms with Crippen molar-refractivity contribution in [3.63, 3.8) is 0 Å². The van der Waals surface area contributed by atoms with E-state index >= 15 is 0 Å². The third-order valence-electron chi connectivity index (χ3n) is 5.16. The molecule has 0 aliphatic carbocycles. The molecule has 1 aromatic heterocycles. The molecule has 0 radical (unpaired) electrons. The monoisotopic (exact) mass is 423 g/mol. The third kappa shape index (κ3) is 3.92. The highest BCUT2D eigenvalue weighted by atomic mass is 19.4. The van der Waals surface area contributed by atoms with Crippen molar-refractivity contribution in [2.75, 3.05) is 31.6 Å². The molecule has 2 heterocycles. The van der Waals surface area contributed by atoms with Gasteiger partial charge >= 0.3 is 12.3 Å². The Labute approximate surface area is 170 Å². The summed E-state index contributed by atoms with van der Waals surface area (Å²) in [4.78, 5) is 26.6. The second-order valence-corrected chi connectivity index (χ2v) is 6.88. The molecule has 1 fully saturated rings. The summed E-state index contributed by atoms with van der Waals surface area (Å²) in [5.74, 6) is 0.0160. The number of carboxylic acid groups (broad SMARTS) is 1. The molecular weight excluding hydrogens is 403 g/mol. The van der Waals surface area contributed by atoms with Crippen LogP contribution in [0.4, 0.5) is 23.8 Å². The van der Waals surface area contributed by atoms with E-state index in [2.05, 4.69) is 15.5 Å². The Morgan fingerprint density at radius 1 is 1.17 bits per heavy atom. The number of Topliss-reactive ketones (excluding diaryl/α,β-unsaturated/α-hetero) is 1. The Bertz CT molecular complexity index is 951. The molecule has 2 N–H and O–H groups in total. The summed E-state index contributed by atoms with van der Waals surface area (Å²) in [7, 11) is 1.50. The Morgan fingerprint density at radius 3 is 2.43 bits per heavy atom. The summed E-state index contributed by atoms with van der Waals surface area (Å²) in [6, 6.07) is 7.90. The van der Waals surface area contributed by atoms with Gasteiger partial charge in [-0.25, -0.2) is 4.79 Å². The zero-order chi connectivity index (χ0) is 22.1. The molecule has 160 valence electrons. The quantitative estimate of drug-likeness (QED) is 0.780. The summed E-state index contributed by atoms with van der Waals surface area (Å²) in [5, 5.41) is 20.4. The number of halogens is 3. The van der Waals surface area contributed by atoms with E-state index in [9.17, 15) is 27.9 Å². The lowest BCUT2D eigenvalue weighted by molar-refractivity contribution is -0.137. The van der Waals surface area contributed by atoms with Crippen molar-refractivity contribution in [3.05, 3.63) is 42.0 Å². The van der Waals surface area contributed by atoms with Crippen molar-refractivity contribution in [1.82, 2.24) is 20.4 Å². The summed E-state index contributed by atoms with van der Waals surface area (Å²) >= 11 is 0. The number of benzene rings is 1. The molecule has 1 atom stereocenters. The number of piperazine rings is 1. The molecule has 2 aromatic rings. The number of carbonyl (C=O) groups excluding carboxylic acids is 1. The minimum absolute atomic E-state index is 0.0166. The first-order valence-electron chi connectivity index (χ1n) is 9.05. The van der Waals surface area contributed by atoms with E-state index in [4.69, 9.17) is 0 Å². The number of amides is 1. The lowest BCUT2D eigenvalue weighted by Crippen LogP contribution is -2.73. The van der Waals surface area contributed by atoms with Crippen LogP contribution in [0.25, 0.3) is 11.3 Å². The van der Waals surface area contributed by atoms with Gasteiger partial charge in [0.15, 0.2) is 17.3 Å². The molecule has 0 bridgehead atoms. The van der Waals surface area contributed by atoms with E-state index in [-0.39, 0.29) is 36.7 Å². The Kier molecular flexibility index (Phi) is 5.66. The van der Waals surface area contributed by atoms with Gasteiger partial charge in [0.25, 0.3) is 0 Å². The number of carbonyl (C=O) groups is 2. The van der Waals surface area contributed by atoms with Crippen LogP contribution in [-0.4, -0.2) is 64.4 Å². The van der Waals surface area contributed by atoms with E-state index in [0.29, 0.717) is 5.82 Å². The molecule has 1 aliphatic rings. The molecule has 1 amide bonds. The topological polar surface area (TPSA) is 98.7 Å². The molecular formula is C19H20F3N5O3. The Hall–Kier alpha value is -3.21. The maximum atomic E-state index is 12.9. The number of hydrogen-bond donors (Lipinski definition) is 2. The standard InChI is InChI=1S/C19H20F3N5O3/c1-12(28)18(23-2)11-26(8-9-27(18)17(29)30)16-7-6-15(24-25-16)13-4-3-5-14(10-13)19(20,21)22/h3-7,10,23H,8-9,11H2,1-2H3,(H,29,30). The number of hydrogen-bond acceptors (Lipinski definition) is 6. The third-order valence-corrected chi connectivity index (χ3v) is 5.16. The van der Waals surface area contributed by atoms with Crippen LogP contribution in [0.3, 0.4) is 0 Å². The van der Waals surface area contributed by atoms with E-state index in [0.717, 1.165) is 17.0 Å². The fourth-order valence-electron chi connectivity index (χ4n) is 3.50. The second kappa shape index (κ2) is 7.90. The predicted octanol–water partition coefficient (Wildman–Crippen LogP) is 2.47. The van der Waals surface area contributed by atoms with Crippen LogP contribution in [0.15, 0.2) is 36.4 Å². The van der Waals surface area contributed by atoms with Crippen molar-refractivity contribution >= 4 is 17.7 Å². The first-order chi connectivity index (χ1) is 14.1. The van der Waals surface area contributed by atoms with Crippen molar-refractivity contribution in [2.24, 2.45) is 0 Å². The summed E-state index contributed by atoms with van der Waals surface area (Å²) < 4.78 is 38.8. The SMILES string of the molecule is CNC1(C(C)=O)CN(c2ccc(-c3cccc(C(F)(F)F)c3)nn2)CCN1C(=O)O. The Morgan fingerprint density at radius 2 is 1.90 bits per heavy atom. The van der Waals surface area contributed by atoms with Crippen LogP contribution in [0.2, 0.25) is 0 Å². The van der Waals surface area contributed by atoms with Crippen LogP contribution in [0, 0.1) is 0 Å². The Balaban J connectivity index is 1.87. The summed E-state index contributed by atoms with van der Waals surface area (Å²) in [5.41, 5.74) is -1.69. The van der Waals surface area contributed by atoms with Gasteiger partial charge in [0.2, 0.25) is 0 Å². The maximum Gasteiger partial charge on any atom is 0.416 e. The van der Waals surface area contributed by atoms with Crippen LogP contribution in [-0.2, 0) is 11.0 Å². The maximum absolute atomic E-state index is 12.9. The van der Waals surface area contributed by atoms with Gasteiger partial charge in [0, 0.05) is 18.7 Å². The van der Waals surface area contributed by atoms with Crippen LogP contribution < -0.4 is 10.2 Å². The minimum Gasteiger partial charge on any atom is -0.465 e. The van der Waals surface area contributed by atoms with Crippen molar-refractivity contribution in [1.29, 1.82) is 0 Å². The highest BCUT2D eigenvalue weighted by Crippen LogP contribution is 2.32. The zero-order valence-corrected chi connectivity index (χ0v) is 16.3. The number of nitrogens with one attached hydrogen (secondary N) is 1. The number of nitrogens with zero attached hydrogens (tertiary/aromatic N) is 4. The molecule has 0 saturated carbocycles. The molecule has 8 nitrogen and oxygen atoms in total. The molecule has 1 aliphatic heterocycles. The van der Waals surface area contributed by atoms with E-state index in [1.807, 2.05) is 0 Å². The molecule has 1 unspecified atom stereocenters. The molecule has 1 aromatic carbocycles. The second-order valence-electron chi connectivity index (χ2n) is 6.88. The average molecular weight is 423 g/mol. The van der Waals surface area contributed by atoms with E-state index in [1.165, 1.54) is 32.2 Å². The van der Waals surface area contributed by atoms with Crippen LogP contribution in [0.1, 0.15) is 12.5 Å². The van der Waals surface area contributed by atoms with Gasteiger partial charge in [0.1, 0.15) is 0 Å². The van der Waals surface area contributed by atoms with Crippen LogP contribution >= 0.6 is 0 Å². The van der Waals surface area contributed by atoms with Gasteiger partial charge in [-0.1, -0.05) is 12.1 Å². The van der Waals surface area contributed by atoms with Crippen molar-refractivity contribution in [3.8, 4) is 11.3 Å². The molecule has 3 rings (SSSR count). The fraction of sp³-hybridized carbons (Fsp3) is 0.368. The largest absolute Gasteiger partial charge is 0.465 e. The van der Waals surface area contributed by atoms with Gasteiger partial charge in [0.05, 0.1) is 17.8 Å². The average Bonchev–Trinajstić information content (AvgIpc) is 2.72. The normalized spacial score (nSPS) is 19.6. The number of aromatic nitrogens is 2. The first kappa shape index (κ1) is 21.5. The lowest BCUT2D eigenvalue weighted by Gasteiger charge is -2.47.